The third-order valence-corrected chi connectivity index (χ3v) is 3.61. The van der Waals surface area contributed by atoms with E-state index >= 15 is 0 Å². The maximum absolute atomic E-state index is 12.3. The van der Waals surface area contributed by atoms with Crippen molar-refractivity contribution in [1.82, 2.24) is 4.98 Å². The van der Waals surface area contributed by atoms with Crippen molar-refractivity contribution >= 4 is 23.5 Å². The minimum absolute atomic E-state index is 0.0614. The van der Waals surface area contributed by atoms with E-state index in [1.165, 1.54) is 19.1 Å². The van der Waals surface area contributed by atoms with Crippen molar-refractivity contribution in [2.45, 2.75) is 32.8 Å². The smallest absolute Gasteiger partial charge is 0.366 e. The molecule has 0 saturated carbocycles. The van der Waals surface area contributed by atoms with E-state index in [1.807, 2.05) is 6.92 Å². The molecular formula is C16H21N3O7. The molecule has 0 spiro atoms. The fourth-order valence-electron chi connectivity index (χ4n) is 2.27. The van der Waals surface area contributed by atoms with Gasteiger partial charge in [-0.05, 0) is 29.3 Å². The Labute approximate surface area is 150 Å². The second-order valence-corrected chi connectivity index (χ2v) is 5.62. The zero-order chi connectivity index (χ0) is 19.1. The number of aromatic nitrogens is 1. The van der Waals surface area contributed by atoms with Crippen LogP contribution >= 0.6 is 0 Å². The number of carbonyl (C=O) groups excluding carboxylic acids is 2. The second kappa shape index (κ2) is 9.09. The summed E-state index contributed by atoms with van der Waals surface area (Å²) in [7, 11) is 0. The molecule has 2 heterocycles. The van der Waals surface area contributed by atoms with Gasteiger partial charge in [0.1, 0.15) is 13.2 Å². The minimum Gasteiger partial charge on any atom is -0.475 e. The molecule has 0 radical (unpaired) electrons. The summed E-state index contributed by atoms with van der Waals surface area (Å²) in [6.45, 7) is 4.06. The first-order chi connectivity index (χ1) is 12.4. The molecule has 10 nitrogen and oxygen atoms in total. The Morgan fingerprint density at radius 2 is 2.15 bits per heavy atom. The molecule has 2 rings (SSSR count). The quantitative estimate of drug-likeness (QED) is 0.278. The maximum Gasteiger partial charge on any atom is 0.366 e. The molecule has 0 saturated heterocycles. The first-order valence-electron chi connectivity index (χ1n) is 8.31. The average molecular weight is 367 g/mol. The molecule has 10 heteroatoms. The zero-order valence-corrected chi connectivity index (χ0v) is 14.7. The van der Waals surface area contributed by atoms with Crippen molar-refractivity contribution in [2.75, 3.05) is 31.3 Å². The van der Waals surface area contributed by atoms with E-state index in [0.717, 1.165) is 17.7 Å². The van der Waals surface area contributed by atoms with E-state index in [1.54, 1.807) is 0 Å². The molecule has 26 heavy (non-hydrogen) atoms. The standard InChI is InChI=1S/C16H21N3O7/c1-3-4-7-24-8-9-25-14(20)10-18-15-12(26-11(2)16(18)21)5-6-13(17-15)19(22)23/h5-6,11H,3-4,7-10H2,1-2H3. The number of anilines is 1. The third-order valence-electron chi connectivity index (χ3n) is 3.61. The summed E-state index contributed by atoms with van der Waals surface area (Å²) >= 11 is 0. The predicted octanol–water partition coefficient (Wildman–Crippen LogP) is 1.46. The zero-order valence-electron chi connectivity index (χ0n) is 14.7. The number of fused-ring (bicyclic) bond motifs is 1. The summed E-state index contributed by atoms with van der Waals surface area (Å²) in [5, 5.41) is 10.9. The van der Waals surface area contributed by atoms with Crippen LogP contribution in [0.1, 0.15) is 26.7 Å². The van der Waals surface area contributed by atoms with Crippen molar-refractivity contribution < 1.29 is 28.7 Å². The summed E-state index contributed by atoms with van der Waals surface area (Å²) < 4.78 is 15.7. The van der Waals surface area contributed by atoms with Crippen LogP contribution in [0, 0.1) is 10.1 Å². The predicted molar refractivity (Wildman–Crippen MR) is 90.0 cm³/mol. The number of ether oxygens (including phenoxy) is 3. The topological polar surface area (TPSA) is 121 Å². The number of nitro groups is 1. The van der Waals surface area contributed by atoms with Gasteiger partial charge in [-0.1, -0.05) is 13.3 Å². The van der Waals surface area contributed by atoms with Crippen LogP contribution in [0.15, 0.2) is 12.1 Å². The van der Waals surface area contributed by atoms with Crippen LogP contribution in [0.2, 0.25) is 0 Å². The minimum atomic E-state index is -0.837. The molecule has 142 valence electrons. The highest BCUT2D eigenvalue weighted by Crippen LogP contribution is 2.33. The molecule has 1 atom stereocenters. The van der Waals surface area contributed by atoms with Gasteiger partial charge < -0.3 is 24.3 Å². The van der Waals surface area contributed by atoms with E-state index < -0.39 is 35.3 Å². The second-order valence-electron chi connectivity index (χ2n) is 5.62. The van der Waals surface area contributed by atoms with Crippen LogP contribution < -0.4 is 9.64 Å². The first-order valence-corrected chi connectivity index (χ1v) is 8.31. The van der Waals surface area contributed by atoms with Gasteiger partial charge in [-0.15, -0.1) is 0 Å². The van der Waals surface area contributed by atoms with Gasteiger partial charge in [-0.25, -0.2) is 0 Å². The van der Waals surface area contributed by atoms with Gasteiger partial charge in [-0.3, -0.25) is 14.5 Å². The van der Waals surface area contributed by atoms with E-state index in [9.17, 15) is 19.7 Å². The molecule has 0 fully saturated rings. The first kappa shape index (κ1) is 19.6. The van der Waals surface area contributed by atoms with Gasteiger partial charge in [0.2, 0.25) is 0 Å². The van der Waals surface area contributed by atoms with Crippen LogP contribution in [0.25, 0.3) is 0 Å². The fraction of sp³-hybridized carbons (Fsp3) is 0.562. The monoisotopic (exact) mass is 367 g/mol. The number of rotatable bonds is 9. The molecule has 1 unspecified atom stereocenters. The lowest BCUT2D eigenvalue weighted by molar-refractivity contribution is -0.389. The average Bonchev–Trinajstić information content (AvgIpc) is 2.61. The van der Waals surface area contributed by atoms with Crippen molar-refractivity contribution in [1.29, 1.82) is 0 Å². The van der Waals surface area contributed by atoms with E-state index in [-0.39, 0.29) is 24.8 Å². The molecule has 1 aromatic heterocycles. The Balaban J connectivity index is 2.01. The Morgan fingerprint density at radius 3 is 2.85 bits per heavy atom. The van der Waals surface area contributed by atoms with Crippen LogP contribution in [0.3, 0.4) is 0 Å². The van der Waals surface area contributed by atoms with Crippen molar-refractivity contribution in [3.05, 3.63) is 22.2 Å². The molecule has 1 amide bonds. The number of nitrogens with zero attached hydrogens (tertiary/aromatic N) is 3. The Bertz CT molecular complexity index is 680. The Hall–Kier alpha value is -2.75. The molecule has 1 aliphatic heterocycles. The van der Waals surface area contributed by atoms with Gasteiger partial charge in [0.05, 0.1) is 6.61 Å². The lowest BCUT2D eigenvalue weighted by Crippen LogP contribution is -2.47. The number of unbranched alkanes of at least 4 members (excludes halogenated alkanes) is 1. The molecule has 0 aliphatic carbocycles. The van der Waals surface area contributed by atoms with Crippen molar-refractivity contribution in [3.63, 3.8) is 0 Å². The summed E-state index contributed by atoms with van der Waals surface area (Å²) in [4.78, 5) is 39.4. The maximum atomic E-state index is 12.3. The number of esters is 1. The molecule has 0 bridgehead atoms. The SMILES string of the molecule is CCCCOCCOC(=O)CN1C(=O)C(C)Oc2ccc([N+](=O)[O-])nc21. The highest BCUT2D eigenvalue weighted by molar-refractivity contribution is 6.02. The number of hydrogen-bond acceptors (Lipinski definition) is 8. The van der Waals surface area contributed by atoms with E-state index in [4.69, 9.17) is 14.2 Å². The number of carbonyl (C=O) groups is 2. The Morgan fingerprint density at radius 1 is 1.38 bits per heavy atom. The normalized spacial score (nSPS) is 16.0. The van der Waals surface area contributed by atoms with Crippen LogP contribution in [-0.4, -0.2) is 54.3 Å². The lowest BCUT2D eigenvalue weighted by atomic mass is 10.2. The number of amides is 1. The molecule has 1 aromatic rings. The van der Waals surface area contributed by atoms with Crippen LogP contribution in [-0.2, 0) is 19.1 Å². The lowest BCUT2D eigenvalue weighted by Gasteiger charge is -2.28. The highest BCUT2D eigenvalue weighted by Gasteiger charge is 2.38. The molecule has 0 aromatic carbocycles. The molecule has 1 aliphatic rings. The summed E-state index contributed by atoms with van der Waals surface area (Å²) in [6, 6.07) is 2.52. The summed E-state index contributed by atoms with van der Waals surface area (Å²) in [5.74, 6) is -1.51. The van der Waals surface area contributed by atoms with Gasteiger partial charge in [0.25, 0.3) is 11.7 Å². The van der Waals surface area contributed by atoms with Crippen molar-refractivity contribution in [3.8, 4) is 5.75 Å². The molecule has 0 N–H and O–H groups in total. The number of pyridine rings is 1. The van der Waals surface area contributed by atoms with Gasteiger partial charge in [-0.2, -0.15) is 0 Å². The van der Waals surface area contributed by atoms with Crippen molar-refractivity contribution in [2.24, 2.45) is 0 Å². The van der Waals surface area contributed by atoms with E-state index in [0.29, 0.717) is 6.61 Å². The van der Waals surface area contributed by atoms with Crippen LogP contribution in [0.4, 0.5) is 11.6 Å². The third kappa shape index (κ3) is 4.88. The van der Waals surface area contributed by atoms with Gasteiger partial charge in [0.15, 0.2) is 11.9 Å². The molecular weight excluding hydrogens is 346 g/mol. The van der Waals surface area contributed by atoms with E-state index in [2.05, 4.69) is 4.98 Å². The van der Waals surface area contributed by atoms with Gasteiger partial charge in [0, 0.05) is 12.7 Å². The largest absolute Gasteiger partial charge is 0.475 e. The highest BCUT2D eigenvalue weighted by atomic mass is 16.6. The summed E-state index contributed by atoms with van der Waals surface area (Å²) in [5.41, 5.74) is 0. The fourth-order valence-corrected chi connectivity index (χ4v) is 2.27. The Kier molecular flexibility index (Phi) is 6.84. The summed E-state index contributed by atoms with van der Waals surface area (Å²) in [6.07, 6.45) is 1.10. The number of hydrogen-bond donors (Lipinski definition) is 0. The van der Waals surface area contributed by atoms with Gasteiger partial charge >= 0.3 is 11.8 Å². The van der Waals surface area contributed by atoms with Crippen LogP contribution in [0.5, 0.6) is 5.75 Å².